The maximum atomic E-state index is 10.9. The Hall–Kier alpha value is -0.830. The average Bonchev–Trinajstić information content (AvgIpc) is 2.73. The van der Waals surface area contributed by atoms with Crippen LogP contribution < -0.4 is 0 Å². The van der Waals surface area contributed by atoms with Crippen molar-refractivity contribution in [3.63, 3.8) is 0 Å². The Kier molecular flexibility index (Phi) is 1.57. The predicted molar refractivity (Wildman–Crippen MR) is 55.2 cm³/mol. The first-order valence-electron chi connectivity index (χ1n) is 4.70. The smallest absolute Gasteiger partial charge is 0.307 e. The Morgan fingerprint density at radius 2 is 2.29 bits per heavy atom. The second-order valence-electron chi connectivity index (χ2n) is 4.07. The number of fused-ring (bicyclic) bond motifs is 3. The summed E-state index contributed by atoms with van der Waals surface area (Å²) in [4.78, 5) is 10.9. The highest BCUT2D eigenvalue weighted by Gasteiger charge is 2.59. The van der Waals surface area contributed by atoms with E-state index >= 15 is 0 Å². The van der Waals surface area contributed by atoms with Gasteiger partial charge in [0.05, 0.1) is 5.92 Å². The molecule has 0 amide bonds. The van der Waals surface area contributed by atoms with E-state index < -0.39 is 5.97 Å². The van der Waals surface area contributed by atoms with Crippen LogP contribution in [-0.2, 0) is 11.2 Å². The first-order chi connectivity index (χ1) is 6.70. The van der Waals surface area contributed by atoms with Crippen molar-refractivity contribution in [1.82, 2.24) is 0 Å². The third-order valence-corrected chi connectivity index (χ3v) is 4.15. The number of carboxylic acid groups (broad SMARTS) is 1. The molecule has 0 spiro atoms. The van der Waals surface area contributed by atoms with Crippen LogP contribution in [0.15, 0.2) is 22.7 Å². The quantitative estimate of drug-likeness (QED) is 0.834. The second-order valence-corrected chi connectivity index (χ2v) is 4.92. The number of rotatable bonds is 1. The zero-order chi connectivity index (χ0) is 9.87. The number of carboxylic acids is 1. The summed E-state index contributed by atoms with van der Waals surface area (Å²) < 4.78 is 1.13. The molecular formula is C11H9BrO2. The van der Waals surface area contributed by atoms with Crippen LogP contribution in [0.2, 0.25) is 0 Å². The van der Waals surface area contributed by atoms with Crippen molar-refractivity contribution in [3.8, 4) is 0 Å². The van der Waals surface area contributed by atoms with Crippen LogP contribution in [0.1, 0.15) is 17.0 Å². The van der Waals surface area contributed by atoms with Crippen LogP contribution in [0, 0.1) is 11.8 Å². The van der Waals surface area contributed by atoms with Gasteiger partial charge >= 0.3 is 5.97 Å². The number of benzene rings is 1. The molecule has 72 valence electrons. The van der Waals surface area contributed by atoms with Crippen LogP contribution in [0.25, 0.3) is 0 Å². The predicted octanol–water partition coefficient (Wildman–Crippen LogP) is 2.42. The highest BCUT2D eigenvalue weighted by atomic mass is 79.9. The van der Waals surface area contributed by atoms with E-state index in [4.69, 9.17) is 5.11 Å². The molecule has 0 aliphatic heterocycles. The summed E-state index contributed by atoms with van der Waals surface area (Å²) >= 11 is 3.50. The monoisotopic (exact) mass is 252 g/mol. The fourth-order valence-corrected chi connectivity index (χ4v) is 3.27. The van der Waals surface area contributed by atoms with Crippen molar-refractivity contribution in [3.05, 3.63) is 33.8 Å². The van der Waals surface area contributed by atoms with Crippen molar-refractivity contribution in [2.24, 2.45) is 11.8 Å². The van der Waals surface area contributed by atoms with E-state index in [1.165, 1.54) is 11.1 Å². The third-order valence-electron chi connectivity index (χ3n) is 3.41. The summed E-state index contributed by atoms with van der Waals surface area (Å²) in [6.45, 7) is 0. The Labute approximate surface area is 90.1 Å². The number of hydrogen-bond acceptors (Lipinski definition) is 1. The first kappa shape index (κ1) is 8.48. The van der Waals surface area contributed by atoms with Crippen LogP contribution in [0.5, 0.6) is 0 Å². The topological polar surface area (TPSA) is 37.3 Å². The molecule has 0 aromatic heterocycles. The molecule has 1 N–H and O–H groups in total. The molecule has 3 heteroatoms. The maximum Gasteiger partial charge on any atom is 0.307 e. The van der Waals surface area contributed by atoms with Gasteiger partial charge in [0, 0.05) is 10.4 Å². The minimum atomic E-state index is -0.634. The summed E-state index contributed by atoms with van der Waals surface area (Å²) in [5.74, 6) is -0.0939. The van der Waals surface area contributed by atoms with Crippen molar-refractivity contribution in [2.75, 3.05) is 0 Å². The molecule has 14 heavy (non-hydrogen) atoms. The molecule has 3 atom stereocenters. The van der Waals surface area contributed by atoms with E-state index in [0.717, 1.165) is 10.9 Å². The van der Waals surface area contributed by atoms with Crippen LogP contribution in [-0.4, -0.2) is 11.1 Å². The van der Waals surface area contributed by atoms with Gasteiger partial charge in [-0.2, -0.15) is 0 Å². The van der Waals surface area contributed by atoms with Gasteiger partial charge in [-0.25, -0.2) is 0 Å². The van der Waals surface area contributed by atoms with E-state index in [1.807, 2.05) is 12.1 Å². The molecule has 0 radical (unpaired) electrons. The molecule has 1 fully saturated rings. The van der Waals surface area contributed by atoms with Gasteiger partial charge in [-0.05, 0) is 29.5 Å². The second kappa shape index (κ2) is 2.60. The van der Waals surface area contributed by atoms with E-state index in [0.29, 0.717) is 11.8 Å². The van der Waals surface area contributed by atoms with Gasteiger partial charge in [0.1, 0.15) is 0 Å². The lowest BCUT2D eigenvalue weighted by Gasteiger charge is -2.06. The van der Waals surface area contributed by atoms with Gasteiger partial charge in [-0.15, -0.1) is 0 Å². The molecule has 1 aromatic rings. The molecule has 3 unspecified atom stereocenters. The van der Waals surface area contributed by atoms with Gasteiger partial charge in [-0.1, -0.05) is 28.1 Å². The molecule has 3 rings (SSSR count). The molecule has 1 saturated carbocycles. The molecule has 0 bridgehead atoms. The normalized spacial score (nSPS) is 32.2. The van der Waals surface area contributed by atoms with E-state index in [1.54, 1.807) is 0 Å². The molecule has 2 aliphatic rings. The lowest BCUT2D eigenvalue weighted by molar-refractivity contribution is -0.139. The fourth-order valence-electron chi connectivity index (χ4n) is 2.73. The lowest BCUT2D eigenvalue weighted by Crippen LogP contribution is -2.05. The minimum Gasteiger partial charge on any atom is -0.481 e. The van der Waals surface area contributed by atoms with Crippen molar-refractivity contribution >= 4 is 21.9 Å². The summed E-state index contributed by atoms with van der Waals surface area (Å²) in [7, 11) is 0. The Morgan fingerprint density at radius 3 is 3.00 bits per heavy atom. The van der Waals surface area contributed by atoms with Crippen molar-refractivity contribution in [1.29, 1.82) is 0 Å². The number of halogens is 1. The van der Waals surface area contributed by atoms with E-state index in [-0.39, 0.29) is 5.92 Å². The molecular weight excluding hydrogens is 244 g/mol. The van der Waals surface area contributed by atoms with Crippen molar-refractivity contribution < 1.29 is 9.90 Å². The number of carbonyl (C=O) groups is 1. The zero-order valence-corrected chi connectivity index (χ0v) is 8.99. The number of hydrogen-bond donors (Lipinski definition) is 1. The molecule has 0 saturated heterocycles. The Bertz CT molecular complexity index is 427. The van der Waals surface area contributed by atoms with Crippen LogP contribution in [0.3, 0.4) is 0 Å². The highest BCUT2D eigenvalue weighted by molar-refractivity contribution is 9.10. The molecule has 1 aromatic carbocycles. The maximum absolute atomic E-state index is 10.9. The molecule has 2 aliphatic carbocycles. The number of aliphatic carboxylic acids is 1. The molecule has 0 heterocycles. The zero-order valence-electron chi connectivity index (χ0n) is 7.40. The SMILES string of the molecule is O=C(O)C1C2Cc3c(Br)cccc3C21. The van der Waals surface area contributed by atoms with Gasteiger partial charge in [0.25, 0.3) is 0 Å². The van der Waals surface area contributed by atoms with Crippen molar-refractivity contribution in [2.45, 2.75) is 12.3 Å². The summed E-state index contributed by atoms with van der Waals surface area (Å²) in [6, 6.07) is 6.08. The van der Waals surface area contributed by atoms with Gasteiger partial charge in [0.2, 0.25) is 0 Å². The third kappa shape index (κ3) is 0.934. The standard InChI is InChI=1S/C11H9BrO2/c12-8-3-1-2-5-6(8)4-7-9(5)10(7)11(13)14/h1-3,7,9-10H,4H2,(H,13,14). The summed E-state index contributed by atoms with van der Waals surface area (Å²) in [6.07, 6.45) is 0.929. The lowest BCUT2D eigenvalue weighted by atomic mass is 10.0. The first-order valence-corrected chi connectivity index (χ1v) is 5.49. The van der Waals surface area contributed by atoms with Crippen LogP contribution in [0.4, 0.5) is 0 Å². The van der Waals surface area contributed by atoms with Gasteiger partial charge in [0.15, 0.2) is 0 Å². The average molecular weight is 253 g/mol. The summed E-state index contributed by atoms with van der Waals surface area (Å²) in [5, 5.41) is 8.94. The van der Waals surface area contributed by atoms with Crippen LogP contribution >= 0.6 is 15.9 Å². The minimum absolute atomic E-state index is 0.114. The fraction of sp³-hybridized carbons (Fsp3) is 0.364. The molecule has 2 nitrogen and oxygen atoms in total. The Morgan fingerprint density at radius 1 is 1.50 bits per heavy atom. The van der Waals surface area contributed by atoms with E-state index in [2.05, 4.69) is 22.0 Å². The Balaban J connectivity index is 2.03. The highest BCUT2D eigenvalue weighted by Crippen LogP contribution is 2.62. The van der Waals surface area contributed by atoms with Gasteiger partial charge in [-0.3, -0.25) is 4.79 Å². The summed E-state index contributed by atoms with van der Waals surface area (Å²) in [5.41, 5.74) is 2.57. The largest absolute Gasteiger partial charge is 0.481 e. The van der Waals surface area contributed by atoms with Gasteiger partial charge < -0.3 is 5.11 Å². The van der Waals surface area contributed by atoms with E-state index in [9.17, 15) is 4.79 Å².